The third-order valence-corrected chi connectivity index (χ3v) is 4.08. The SMILES string of the molecule is Cc1ccccc1C(=O)Nc1nc(-c2cc(F)ccc2F)cs1. The van der Waals surface area contributed by atoms with Gasteiger partial charge in [-0.2, -0.15) is 0 Å². The van der Waals surface area contributed by atoms with Gasteiger partial charge in [-0.15, -0.1) is 11.3 Å². The summed E-state index contributed by atoms with van der Waals surface area (Å²) in [5.74, 6) is -1.39. The van der Waals surface area contributed by atoms with Crippen molar-refractivity contribution in [1.82, 2.24) is 4.98 Å². The molecule has 0 aliphatic heterocycles. The maximum Gasteiger partial charge on any atom is 0.257 e. The van der Waals surface area contributed by atoms with Crippen LogP contribution in [0.1, 0.15) is 15.9 Å². The molecule has 0 bridgehead atoms. The van der Waals surface area contributed by atoms with Crippen LogP contribution in [-0.2, 0) is 0 Å². The van der Waals surface area contributed by atoms with Crippen LogP contribution in [0.3, 0.4) is 0 Å². The Morgan fingerprint density at radius 1 is 1.17 bits per heavy atom. The quantitative estimate of drug-likeness (QED) is 0.759. The summed E-state index contributed by atoms with van der Waals surface area (Å²) in [5, 5.41) is 4.58. The van der Waals surface area contributed by atoms with Crippen molar-refractivity contribution in [2.75, 3.05) is 5.32 Å². The molecule has 3 aromatic rings. The van der Waals surface area contributed by atoms with Crippen molar-refractivity contribution < 1.29 is 13.6 Å². The fraction of sp³-hybridized carbons (Fsp3) is 0.0588. The van der Waals surface area contributed by atoms with Gasteiger partial charge >= 0.3 is 0 Å². The Morgan fingerprint density at radius 3 is 2.74 bits per heavy atom. The van der Waals surface area contributed by atoms with E-state index in [4.69, 9.17) is 0 Å². The molecule has 23 heavy (non-hydrogen) atoms. The van der Waals surface area contributed by atoms with Crippen LogP contribution in [0.5, 0.6) is 0 Å². The van der Waals surface area contributed by atoms with Gasteiger partial charge in [-0.1, -0.05) is 18.2 Å². The first-order valence-corrected chi connectivity index (χ1v) is 7.70. The number of hydrogen-bond donors (Lipinski definition) is 1. The van der Waals surface area contributed by atoms with Crippen LogP contribution in [0.25, 0.3) is 11.3 Å². The van der Waals surface area contributed by atoms with E-state index in [2.05, 4.69) is 10.3 Å². The van der Waals surface area contributed by atoms with Crippen LogP contribution in [-0.4, -0.2) is 10.9 Å². The van der Waals surface area contributed by atoms with E-state index in [1.807, 2.05) is 19.1 Å². The molecular weight excluding hydrogens is 318 g/mol. The first kappa shape index (κ1) is 15.3. The number of thiazole rings is 1. The molecule has 3 nitrogen and oxygen atoms in total. The molecule has 1 aromatic heterocycles. The number of amides is 1. The van der Waals surface area contributed by atoms with E-state index < -0.39 is 11.6 Å². The van der Waals surface area contributed by atoms with Crippen LogP contribution in [0, 0.1) is 18.6 Å². The first-order valence-electron chi connectivity index (χ1n) is 6.82. The maximum absolute atomic E-state index is 13.8. The van der Waals surface area contributed by atoms with Crippen molar-refractivity contribution >= 4 is 22.4 Å². The van der Waals surface area contributed by atoms with E-state index in [9.17, 15) is 13.6 Å². The number of benzene rings is 2. The van der Waals surface area contributed by atoms with Gasteiger partial charge in [0.15, 0.2) is 5.13 Å². The number of hydrogen-bond acceptors (Lipinski definition) is 3. The third kappa shape index (κ3) is 3.27. The second-order valence-electron chi connectivity index (χ2n) is 4.93. The van der Waals surface area contributed by atoms with Gasteiger partial charge in [0, 0.05) is 16.5 Å². The van der Waals surface area contributed by atoms with E-state index >= 15 is 0 Å². The zero-order valence-electron chi connectivity index (χ0n) is 12.1. The predicted molar refractivity (Wildman–Crippen MR) is 86.6 cm³/mol. The second kappa shape index (κ2) is 6.26. The number of anilines is 1. The first-order chi connectivity index (χ1) is 11.0. The van der Waals surface area contributed by atoms with Crippen molar-refractivity contribution in [3.05, 3.63) is 70.6 Å². The van der Waals surface area contributed by atoms with Gasteiger partial charge in [-0.05, 0) is 36.8 Å². The largest absolute Gasteiger partial charge is 0.298 e. The molecular formula is C17H12F2N2OS. The summed E-state index contributed by atoms with van der Waals surface area (Å²) in [4.78, 5) is 16.4. The van der Waals surface area contributed by atoms with Crippen LogP contribution in [0.15, 0.2) is 47.8 Å². The number of carbonyl (C=O) groups excluding carboxylic acids is 1. The average molecular weight is 330 g/mol. The van der Waals surface area contributed by atoms with Crippen molar-refractivity contribution in [2.45, 2.75) is 6.92 Å². The zero-order valence-corrected chi connectivity index (χ0v) is 13.0. The lowest BCUT2D eigenvalue weighted by molar-refractivity contribution is 0.102. The third-order valence-electron chi connectivity index (χ3n) is 3.32. The van der Waals surface area contributed by atoms with E-state index in [1.54, 1.807) is 17.5 Å². The smallest absolute Gasteiger partial charge is 0.257 e. The molecule has 1 amide bonds. The molecule has 0 saturated carbocycles. The molecule has 6 heteroatoms. The number of nitrogens with zero attached hydrogens (tertiary/aromatic N) is 1. The van der Waals surface area contributed by atoms with Crippen molar-refractivity contribution in [2.24, 2.45) is 0 Å². The standard InChI is InChI=1S/C17H12F2N2OS/c1-10-4-2-3-5-12(10)16(22)21-17-20-15(9-23-17)13-8-11(18)6-7-14(13)19/h2-9H,1H3,(H,20,21,22). The fourth-order valence-corrected chi connectivity index (χ4v) is 2.85. The molecule has 0 aliphatic rings. The fourth-order valence-electron chi connectivity index (χ4n) is 2.14. The van der Waals surface area contributed by atoms with E-state index in [0.717, 1.165) is 35.1 Å². The van der Waals surface area contributed by atoms with E-state index in [1.165, 1.54) is 0 Å². The molecule has 0 unspecified atom stereocenters. The summed E-state index contributed by atoms with van der Waals surface area (Å²) in [5.41, 5.74) is 1.74. The molecule has 0 spiro atoms. The highest BCUT2D eigenvalue weighted by Gasteiger charge is 2.14. The normalized spacial score (nSPS) is 10.6. The molecule has 0 saturated heterocycles. The Hall–Kier alpha value is -2.60. The van der Waals surface area contributed by atoms with Gasteiger partial charge in [0.1, 0.15) is 11.6 Å². The molecule has 2 aromatic carbocycles. The van der Waals surface area contributed by atoms with E-state index in [-0.39, 0.29) is 17.2 Å². The van der Waals surface area contributed by atoms with Gasteiger partial charge in [0.25, 0.3) is 5.91 Å². The van der Waals surface area contributed by atoms with Crippen LogP contribution >= 0.6 is 11.3 Å². The summed E-state index contributed by atoms with van der Waals surface area (Å²) in [6, 6.07) is 10.4. The summed E-state index contributed by atoms with van der Waals surface area (Å²) >= 11 is 1.16. The van der Waals surface area contributed by atoms with Gasteiger partial charge in [0.2, 0.25) is 0 Å². The van der Waals surface area contributed by atoms with Crippen molar-refractivity contribution in [1.29, 1.82) is 0 Å². The Balaban J connectivity index is 1.84. The number of halogens is 2. The molecule has 0 aliphatic carbocycles. The van der Waals surface area contributed by atoms with Crippen molar-refractivity contribution in [3.63, 3.8) is 0 Å². The van der Waals surface area contributed by atoms with Crippen LogP contribution in [0.2, 0.25) is 0 Å². The van der Waals surface area contributed by atoms with Crippen LogP contribution in [0.4, 0.5) is 13.9 Å². The Labute approximate surface area is 135 Å². The zero-order chi connectivity index (χ0) is 16.4. The lowest BCUT2D eigenvalue weighted by Gasteiger charge is -2.04. The number of carbonyl (C=O) groups is 1. The number of aryl methyl sites for hydroxylation is 1. The van der Waals surface area contributed by atoms with Crippen LogP contribution < -0.4 is 5.32 Å². The maximum atomic E-state index is 13.8. The lowest BCUT2D eigenvalue weighted by Crippen LogP contribution is -2.13. The Bertz CT molecular complexity index is 877. The molecule has 3 rings (SSSR count). The minimum atomic E-state index is -0.562. The highest BCUT2D eigenvalue weighted by Crippen LogP contribution is 2.28. The minimum Gasteiger partial charge on any atom is -0.298 e. The Kier molecular flexibility index (Phi) is 4.16. The average Bonchev–Trinajstić information content (AvgIpc) is 2.98. The summed E-state index contributed by atoms with van der Waals surface area (Å²) in [7, 11) is 0. The summed E-state index contributed by atoms with van der Waals surface area (Å²) in [6.07, 6.45) is 0. The summed E-state index contributed by atoms with van der Waals surface area (Å²) < 4.78 is 27.0. The molecule has 0 fully saturated rings. The molecule has 0 radical (unpaired) electrons. The lowest BCUT2D eigenvalue weighted by atomic mass is 10.1. The molecule has 1 N–H and O–H groups in total. The summed E-state index contributed by atoms with van der Waals surface area (Å²) in [6.45, 7) is 1.84. The molecule has 116 valence electrons. The topological polar surface area (TPSA) is 42.0 Å². The predicted octanol–water partition coefficient (Wildman–Crippen LogP) is 4.65. The molecule has 1 heterocycles. The number of aromatic nitrogens is 1. The molecule has 0 atom stereocenters. The number of nitrogens with one attached hydrogen (secondary N) is 1. The highest BCUT2D eigenvalue weighted by molar-refractivity contribution is 7.14. The minimum absolute atomic E-state index is 0.0673. The van der Waals surface area contributed by atoms with Gasteiger partial charge in [0.05, 0.1) is 5.69 Å². The van der Waals surface area contributed by atoms with Gasteiger partial charge in [-0.3, -0.25) is 10.1 Å². The Morgan fingerprint density at radius 2 is 1.96 bits per heavy atom. The number of rotatable bonds is 3. The highest BCUT2D eigenvalue weighted by atomic mass is 32.1. The van der Waals surface area contributed by atoms with E-state index in [0.29, 0.717) is 10.7 Å². The van der Waals surface area contributed by atoms with Gasteiger partial charge < -0.3 is 0 Å². The second-order valence-corrected chi connectivity index (χ2v) is 5.79. The monoisotopic (exact) mass is 330 g/mol. The van der Waals surface area contributed by atoms with Crippen molar-refractivity contribution in [3.8, 4) is 11.3 Å². The van der Waals surface area contributed by atoms with Gasteiger partial charge in [-0.25, -0.2) is 13.8 Å².